The molecule has 1 unspecified atom stereocenters. The monoisotopic (exact) mass is 342 g/mol. The molecule has 1 aromatic carbocycles. The Hall–Kier alpha value is -1.23. The fourth-order valence-electron chi connectivity index (χ4n) is 2.78. The van der Waals surface area contributed by atoms with Crippen LogP contribution in [0.15, 0.2) is 10.5 Å². The summed E-state index contributed by atoms with van der Waals surface area (Å²) in [5.41, 5.74) is 1.86. The van der Waals surface area contributed by atoms with Crippen molar-refractivity contribution in [1.29, 1.82) is 0 Å². The van der Waals surface area contributed by atoms with Gasteiger partial charge in [0.15, 0.2) is 0 Å². The quantitative estimate of drug-likeness (QED) is 0.855. The Labute approximate surface area is 127 Å². The summed E-state index contributed by atoms with van der Waals surface area (Å²) in [4.78, 5) is 11.1. The number of rotatable bonds is 6. The van der Waals surface area contributed by atoms with Gasteiger partial charge in [-0.2, -0.15) is 0 Å². The third kappa shape index (κ3) is 2.92. The van der Waals surface area contributed by atoms with Gasteiger partial charge in [0.25, 0.3) is 0 Å². The molecule has 4 nitrogen and oxygen atoms in total. The van der Waals surface area contributed by atoms with Crippen molar-refractivity contribution in [2.45, 2.75) is 32.1 Å². The minimum absolute atomic E-state index is 0.00311. The van der Waals surface area contributed by atoms with Gasteiger partial charge >= 0.3 is 5.97 Å². The summed E-state index contributed by atoms with van der Waals surface area (Å²) in [6, 6.07) is 1.94. The molecule has 1 aliphatic carbocycles. The zero-order valence-electron chi connectivity index (χ0n) is 11.9. The molecule has 0 bridgehead atoms. The molecule has 0 spiro atoms. The molecule has 20 heavy (non-hydrogen) atoms. The average molecular weight is 343 g/mol. The predicted molar refractivity (Wildman–Crippen MR) is 79.7 cm³/mol. The van der Waals surface area contributed by atoms with E-state index in [4.69, 9.17) is 14.6 Å². The first-order valence-corrected chi connectivity index (χ1v) is 7.41. The topological polar surface area (TPSA) is 55.8 Å². The summed E-state index contributed by atoms with van der Waals surface area (Å²) in [6.45, 7) is 1.93. The maximum atomic E-state index is 11.1. The Morgan fingerprint density at radius 3 is 2.45 bits per heavy atom. The molecule has 110 valence electrons. The highest BCUT2D eigenvalue weighted by atomic mass is 79.9. The molecule has 5 heteroatoms. The number of hydrogen-bond donors (Lipinski definition) is 1. The second kappa shape index (κ2) is 6.04. The number of carboxylic acids is 1. The molecule has 1 atom stereocenters. The first-order chi connectivity index (χ1) is 9.49. The second-order valence-corrected chi connectivity index (χ2v) is 6.04. The maximum absolute atomic E-state index is 11.1. The van der Waals surface area contributed by atoms with Gasteiger partial charge in [-0.05, 0) is 53.2 Å². The van der Waals surface area contributed by atoms with Crippen LogP contribution in [0, 0.1) is 12.8 Å². The molecule has 0 aromatic heterocycles. The minimum Gasteiger partial charge on any atom is -0.496 e. The molecule has 1 aliphatic rings. The van der Waals surface area contributed by atoms with E-state index in [0.29, 0.717) is 5.92 Å². The lowest BCUT2D eigenvalue weighted by Crippen LogP contribution is -2.11. The molecular weight excluding hydrogens is 324 g/mol. The summed E-state index contributed by atoms with van der Waals surface area (Å²) in [5.74, 6) is 1.15. The molecule has 0 saturated heterocycles. The molecule has 0 aliphatic heterocycles. The van der Waals surface area contributed by atoms with Gasteiger partial charge in [0.05, 0.1) is 25.1 Å². The number of carbonyl (C=O) groups is 1. The van der Waals surface area contributed by atoms with E-state index in [1.54, 1.807) is 14.2 Å². The molecule has 1 saturated carbocycles. The Bertz CT molecular complexity index is 523. The summed E-state index contributed by atoms with van der Waals surface area (Å²) in [6.07, 6.45) is 2.31. The van der Waals surface area contributed by atoms with Crippen LogP contribution < -0.4 is 9.47 Å². The van der Waals surface area contributed by atoms with E-state index in [9.17, 15) is 4.79 Å². The third-order valence-electron chi connectivity index (χ3n) is 3.84. The Balaban J connectivity index is 2.50. The largest absolute Gasteiger partial charge is 0.496 e. The van der Waals surface area contributed by atoms with Gasteiger partial charge in [0.2, 0.25) is 0 Å². The van der Waals surface area contributed by atoms with Crippen LogP contribution in [0.5, 0.6) is 11.5 Å². The highest BCUT2D eigenvalue weighted by molar-refractivity contribution is 9.10. The molecule has 0 radical (unpaired) electrons. The van der Waals surface area contributed by atoms with Crippen LogP contribution in [0.1, 0.15) is 36.3 Å². The first-order valence-electron chi connectivity index (χ1n) is 6.62. The van der Waals surface area contributed by atoms with Crippen molar-refractivity contribution >= 4 is 21.9 Å². The summed E-state index contributed by atoms with van der Waals surface area (Å²) < 4.78 is 11.7. The molecule has 1 N–H and O–H groups in total. The van der Waals surface area contributed by atoms with Crippen molar-refractivity contribution in [3.05, 3.63) is 21.7 Å². The lowest BCUT2D eigenvalue weighted by Gasteiger charge is -2.22. The van der Waals surface area contributed by atoms with Gasteiger partial charge in [0.1, 0.15) is 11.5 Å². The number of methoxy groups -OCH3 is 2. The number of aliphatic carboxylic acids is 1. The van der Waals surface area contributed by atoms with Crippen molar-refractivity contribution in [2.75, 3.05) is 14.2 Å². The lowest BCUT2D eigenvalue weighted by molar-refractivity contribution is -0.137. The van der Waals surface area contributed by atoms with Crippen LogP contribution in [-0.2, 0) is 4.79 Å². The number of halogens is 1. The van der Waals surface area contributed by atoms with Gasteiger partial charge in [-0.25, -0.2) is 0 Å². The van der Waals surface area contributed by atoms with Gasteiger partial charge < -0.3 is 14.6 Å². The molecule has 0 amide bonds. The van der Waals surface area contributed by atoms with Gasteiger partial charge in [-0.15, -0.1) is 0 Å². The Morgan fingerprint density at radius 1 is 1.40 bits per heavy atom. The van der Waals surface area contributed by atoms with Crippen LogP contribution in [0.25, 0.3) is 0 Å². The van der Waals surface area contributed by atoms with Crippen LogP contribution in [0.4, 0.5) is 0 Å². The minimum atomic E-state index is -0.770. The maximum Gasteiger partial charge on any atom is 0.303 e. The van der Waals surface area contributed by atoms with Crippen LogP contribution in [0.3, 0.4) is 0 Å². The van der Waals surface area contributed by atoms with Crippen LogP contribution in [-0.4, -0.2) is 25.3 Å². The molecule has 0 heterocycles. The van der Waals surface area contributed by atoms with Gasteiger partial charge in [0, 0.05) is 11.5 Å². The molecular formula is C15H19BrO4. The zero-order chi connectivity index (χ0) is 14.9. The van der Waals surface area contributed by atoms with E-state index in [1.807, 2.05) is 13.0 Å². The SMILES string of the molecule is COc1c(Br)cc(C(CC(=O)O)C2CC2)c(OC)c1C. The highest BCUT2D eigenvalue weighted by Gasteiger charge is 2.36. The number of ether oxygens (including phenoxy) is 2. The third-order valence-corrected chi connectivity index (χ3v) is 4.42. The molecule has 1 aromatic rings. The highest BCUT2D eigenvalue weighted by Crippen LogP contribution is 2.50. The van der Waals surface area contributed by atoms with E-state index in [0.717, 1.165) is 39.9 Å². The van der Waals surface area contributed by atoms with E-state index >= 15 is 0 Å². The fourth-order valence-corrected chi connectivity index (χ4v) is 3.49. The summed E-state index contributed by atoms with van der Waals surface area (Å²) in [7, 11) is 3.23. The standard InChI is InChI=1S/C15H19BrO4/c1-8-14(19-2)11(6-12(16)15(8)20-3)10(7-13(17)18)9-4-5-9/h6,9-10H,4-5,7H2,1-3H3,(H,17,18). The van der Waals surface area contributed by atoms with E-state index in [1.165, 1.54) is 0 Å². The number of benzene rings is 1. The Morgan fingerprint density at radius 2 is 2.00 bits per heavy atom. The number of hydrogen-bond acceptors (Lipinski definition) is 3. The van der Waals surface area contributed by atoms with Crippen LogP contribution >= 0.6 is 15.9 Å². The number of carboxylic acid groups (broad SMARTS) is 1. The van der Waals surface area contributed by atoms with Crippen molar-refractivity contribution in [3.63, 3.8) is 0 Å². The van der Waals surface area contributed by atoms with E-state index < -0.39 is 5.97 Å². The van der Waals surface area contributed by atoms with E-state index in [-0.39, 0.29) is 12.3 Å². The second-order valence-electron chi connectivity index (χ2n) is 5.18. The fraction of sp³-hybridized carbons (Fsp3) is 0.533. The van der Waals surface area contributed by atoms with E-state index in [2.05, 4.69) is 15.9 Å². The predicted octanol–water partition coefficient (Wildman–Crippen LogP) is 3.74. The average Bonchev–Trinajstić information content (AvgIpc) is 3.20. The smallest absolute Gasteiger partial charge is 0.303 e. The van der Waals surface area contributed by atoms with Crippen molar-refractivity contribution in [2.24, 2.45) is 5.92 Å². The normalized spacial score (nSPS) is 15.8. The molecule has 2 rings (SSSR count). The zero-order valence-corrected chi connectivity index (χ0v) is 13.5. The van der Waals surface area contributed by atoms with Gasteiger partial charge in [-0.1, -0.05) is 0 Å². The van der Waals surface area contributed by atoms with Crippen LogP contribution in [0.2, 0.25) is 0 Å². The lowest BCUT2D eigenvalue weighted by atomic mass is 9.89. The van der Waals surface area contributed by atoms with Crippen molar-refractivity contribution in [3.8, 4) is 11.5 Å². The van der Waals surface area contributed by atoms with Gasteiger partial charge in [-0.3, -0.25) is 4.79 Å². The van der Waals surface area contributed by atoms with Crippen molar-refractivity contribution < 1.29 is 19.4 Å². The summed E-state index contributed by atoms with van der Waals surface area (Å²) >= 11 is 3.50. The summed E-state index contributed by atoms with van der Waals surface area (Å²) in [5, 5.41) is 9.15. The first kappa shape index (κ1) is 15.2. The van der Waals surface area contributed by atoms with Crippen molar-refractivity contribution in [1.82, 2.24) is 0 Å². The Kier molecular flexibility index (Phi) is 4.58. The molecule has 1 fully saturated rings.